The first-order valence-corrected chi connectivity index (χ1v) is 9.56. The van der Waals surface area contributed by atoms with E-state index in [1.165, 1.54) is 5.56 Å². The number of hydrogen-bond donors (Lipinski definition) is 2. The summed E-state index contributed by atoms with van der Waals surface area (Å²) in [5.41, 5.74) is 5.47. The summed E-state index contributed by atoms with van der Waals surface area (Å²) in [6.07, 6.45) is 2.52. The molecule has 3 heterocycles. The summed E-state index contributed by atoms with van der Waals surface area (Å²) in [5, 5.41) is 8.98. The van der Waals surface area contributed by atoms with Gasteiger partial charge in [0.2, 0.25) is 0 Å². The van der Waals surface area contributed by atoms with Gasteiger partial charge in [0.25, 0.3) is 5.91 Å². The number of aromatic nitrogens is 2. The minimum absolute atomic E-state index is 0.00318. The Morgan fingerprint density at radius 1 is 1.22 bits per heavy atom. The Balaban J connectivity index is 1.46. The molecule has 3 N–H and O–H groups in total. The van der Waals surface area contributed by atoms with E-state index in [9.17, 15) is 9.18 Å². The number of nitrogens with one attached hydrogen (secondary N) is 1. The average molecular weight is 371 g/mol. The predicted octanol–water partition coefficient (Wildman–Crippen LogP) is 2.42. The van der Waals surface area contributed by atoms with Crippen molar-refractivity contribution in [2.24, 2.45) is 5.84 Å². The molecular weight excluding hydrogens is 345 g/mol. The number of nitrogens with two attached hydrogens (primary N) is 1. The molecule has 7 heteroatoms. The van der Waals surface area contributed by atoms with Gasteiger partial charge in [-0.05, 0) is 61.8 Å². The first-order valence-electron chi connectivity index (χ1n) is 9.56. The molecule has 1 amide bonds. The number of nitrogens with zero attached hydrogens (tertiary/aromatic N) is 3. The SMILES string of the molecule is Cc1c(F)ccc(C2CCN(C(=O)c3n[nH]c4c3CCN(N)C4)CC2)c1C. The number of rotatable bonds is 2. The second kappa shape index (κ2) is 7.05. The fourth-order valence-corrected chi connectivity index (χ4v) is 4.31. The molecule has 1 fully saturated rings. The summed E-state index contributed by atoms with van der Waals surface area (Å²) in [6.45, 7) is 6.55. The molecule has 0 atom stereocenters. The molecule has 6 nitrogen and oxygen atoms in total. The maximum Gasteiger partial charge on any atom is 0.274 e. The largest absolute Gasteiger partial charge is 0.337 e. The zero-order valence-corrected chi connectivity index (χ0v) is 15.9. The van der Waals surface area contributed by atoms with Gasteiger partial charge in [-0.25, -0.2) is 9.40 Å². The molecule has 2 aromatic rings. The molecule has 0 aliphatic carbocycles. The monoisotopic (exact) mass is 371 g/mol. The van der Waals surface area contributed by atoms with Crippen LogP contribution in [-0.4, -0.2) is 45.6 Å². The lowest BCUT2D eigenvalue weighted by atomic mass is 9.85. The highest BCUT2D eigenvalue weighted by molar-refractivity contribution is 5.94. The van der Waals surface area contributed by atoms with Gasteiger partial charge in [0.1, 0.15) is 5.82 Å². The van der Waals surface area contributed by atoms with Crippen LogP contribution in [0.25, 0.3) is 0 Å². The van der Waals surface area contributed by atoms with Crippen molar-refractivity contribution in [3.8, 4) is 0 Å². The zero-order chi connectivity index (χ0) is 19.1. The van der Waals surface area contributed by atoms with Crippen molar-refractivity contribution in [2.75, 3.05) is 19.6 Å². The minimum Gasteiger partial charge on any atom is -0.337 e. The number of piperidine rings is 1. The Bertz CT molecular complexity index is 869. The average Bonchev–Trinajstić information content (AvgIpc) is 3.09. The van der Waals surface area contributed by atoms with Crippen LogP contribution in [0.5, 0.6) is 0 Å². The lowest BCUT2D eigenvalue weighted by Gasteiger charge is -2.33. The summed E-state index contributed by atoms with van der Waals surface area (Å²) < 4.78 is 13.7. The Morgan fingerprint density at radius 3 is 2.70 bits per heavy atom. The molecule has 1 saturated heterocycles. The number of aromatic amines is 1. The molecule has 1 aromatic heterocycles. The van der Waals surface area contributed by atoms with Gasteiger partial charge in [0.05, 0.1) is 12.2 Å². The van der Waals surface area contributed by atoms with Gasteiger partial charge in [-0.1, -0.05) is 6.07 Å². The highest BCUT2D eigenvalue weighted by Gasteiger charge is 2.30. The van der Waals surface area contributed by atoms with E-state index in [4.69, 9.17) is 5.84 Å². The third-order valence-corrected chi connectivity index (χ3v) is 6.15. The summed E-state index contributed by atoms with van der Waals surface area (Å²) in [5.74, 6) is 6.07. The quantitative estimate of drug-likeness (QED) is 0.795. The van der Waals surface area contributed by atoms with Gasteiger partial charge >= 0.3 is 0 Å². The van der Waals surface area contributed by atoms with Crippen LogP contribution < -0.4 is 5.84 Å². The second-order valence-electron chi connectivity index (χ2n) is 7.70. The Morgan fingerprint density at radius 2 is 1.96 bits per heavy atom. The standard InChI is InChI=1S/C20H26FN5O/c1-12-13(2)17(21)4-3-15(12)14-5-8-25(9-6-14)20(27)19-16-7-10-26(22)11-18(16)23-24-19/h3-4,14H,5-11,22H2,1-2H3,(H,23,24). The molecule has 0 radical (unpaired) electrons. The molecule has 27 heavy (non-hydrogen) atoms. The molecule has 4 rings (SSSR count). The van der Waals surface area contributed by atoms with Crippen LogP contribution in [0.1, 0.15) is 57.2 Å². The van der Waals surface area contributed by atoms with Crippen molar-refractivity contribution in [2.45, 2.75) is 45.6 Å². The Kier molecular flexibility index (Phi) is 4.74. The number of amides is 1. The van der Waals surface area contributed by atoms with Crippen molar-refractivity contribution in [1.29, 1.82) is 0 Å². The number of halogens is 1. The molecule has 1 aromatic carbocycles. The number of likely N-dealkylation sites (tertiary alicyclic amines) is 1. The van der Waals surface area contributed by atoms with Crippen molar-refractivity contribution >= 4 is 5.91 Å². The van der Waals surface area contributed by atoms with E-state index >= 15 is 0 Å². The molecule has 0 saturated carbocycles. The van der Waals surface area contributed by atoms with Crippen LogP contribution in [0.15, 0.2) is 12.1 Å². The van der Waals surface area contributed by atoms with E-state index in [0.29, 0.717) is 31.2 Å². The maximum absolute atomic E-state index is 13.7. The van der Waals surface area contributed by atoms with Crippen molar-refractivity contribution in [1.82, 2.24) is 20.1 Å². The van der Waals surface area contributed by atoms with E-state index in [1.54, 1.807) is 11.1 Å². The van der Waals surface area contributed by atoms with Crippen LogP contribution in [0, 0.1) is 19.7 Å². The normalized spacial score (nSPS) is 18.6. The van der Waals surface area contributed by atoms with Crippen molar-refractivity contribution in [3.05, 3.63) is 51.6 Å². The minimum atomic E-state index is -0.150. The van der Waals surface area contributed by atoms with Crippen molar-refractivity contribution < 1.29 is 9.18 Å². The Labute approximate surface area is 158 Å². The van der Waals surface area contributed by atoms with Gasteiger partial charge in [0.15, 0.2) is 5.69 Å². The molecule has 144 valence electrons. The molecule has 2 aliphatic rings. The highest BCUT2D eigenvalue weighted by Crippen LogP contribution is 2.33. The first kappa shape index (κ1) is 18.1. The smallest absolute Gasteiger partial charge is 0.274 e. The predicted molar refractivity (Wildman–Crippen MR) is 101 cm³/mol. The van der Waals surface area contributed by atoms with E-state index in [2.05, 4.69) is 10.2 Å². The van der Waals surface area contributed by atoms with Crippen LogP contribution >= 0.6 is 0 Å². The van der Waals surface area contributed by atoms with E-state index in [-0.39, 0.29) is 11.7 Å². The number of hydrogen-bond acceptors (Lipinski definition) is 4. The van der Waals surface area contributed by atoms with Crippen LogP contribution in [-0.2, 0) is 13.0 Å². The fourth-order valence-electron chi connectivity index (χ4n) is 4.31. The van der Waals surface area contributed by atoms with E-state index in [1.807, 2.05) is 24.8 Å². The third kappa shape index (κ3) is 3.26. The maximum atomic E-state index is 13.7. The third-order valence-electron chi connectivity index (χ3n) is 6.15. The van der Waals surface area contributed by atoms with Gasteiger partial charge < -0.3 is 4.90 Å². The van der Waals surface area contributed by atoms with E-state index < -0.39 is 0 Å². The lowest BCUT2D eigenvalue weighted by Crippen LogP contribution is -2.40. The summed E-state index contributed by atoms with van der Waals surface area (Å²) in [7, 11) is 0. The lowest BCUT2D eigenvalue weighted by molar-refractivity contribution is 0.0705. The molecule has 0 unspecified atom stereocenters. The second-order valence-corrected chi connectivity index (χ2v) is 7.70. The summed E-state index contributed by atoms with van der Waals surface area (Å²) >= 11 is 0. The number of fused-ring (bicyclic) bond motifs is 1. The number of benzene rings is 1. The highest BCUT2D eigenvalue weighted by atomic mass is 19.1. The van der Waals surface area contributed by atoms with Crippen LogP contribution in [0.3, 0.4) is 0 Å². The van der Waals surface area contributed by atoms with E-state index in [0.717, 1.165) is 48.2 Å². The number of hydrazine groups is 1. The Hall–Kier alpha value is -2.25. The molecule has 2 aliphatic heterocycles. The number of H-pyrrole nitrogens is 1. The topological polar surface area (TPSA) is 78.2 Å². The first-order chi connectivity index (χ1) is 13.0. The zero-order valence-electron chi connectivity index (χ0n) is 15.9. The van der Waals surface area contributed by atoms with Crippen molar-refractivity contribution in [3.63, 3.8) is 0 Å². The number of carbonyl (C=O) groups excluding carboxylic acids is 1. The van der Waals surface area contributed by atoms with Gasteiger partial charge in [0, 0.05) is 25.2 Å². The van der Waals surface area contributed by atoms with Crippen LogP contribution in [0.4, 0.5) is 4.39 Å². The van der Waals surface area contributed by atoms with Gasteiger partial charge in [-0.2, -0.15) is 5.10 Å². The number of carbonyl (C=O) groups is 1. The molecular formula is C20H26FN5O. The molecule has 0 bridgehead atoms. The summed E-state index contributed by atoms with van der Waals surface area (Å²) in [4.78, 5) is 14.9. The summed E-state index contributed by atoms with van der Waals surface area (Å²) in [6, 6.07) is 3.47. The van der Waals surface area contributed by atoms with Gasteiger partial charge in [-0.15, -0.1) is 0 Å². The van der Waals surface area contributed by atoms with Gasteiger partial charge in [-0.3, -0.25) is 15.7 Å². The molecule has 0 spiro atoms. The fraction of sp³-hybridized carbons (Fsp3) is 0.500. The van der Waals surface area contributed by atoms with Crippen LogP contribution in [0.2, 0.25) is 0 Å².